The van der Waals surface area contributed by atoms with Crippen LogP contribution in [-0.2, 0) is 22.3 Å². The Morgan fingerprint density at radius 2 is 2.05 bits per heavy atom. The molecule has 0 aliphatic heterocycles. The van der Waals surface area contributed by atoms with E-state index in [1.807, 2.05) is 0 Å². The van der Waals surface area contributed by atoms with Crippen LogP contribution in [-0.4, -0.2) is 24.5 Å². The molecule has 0 spiro atoms. The fourth-order valence-electron chi connectivity index (χ4n) is 1.50. The third-order valence-corrected chi connectivity index (χ3v) is 3.12. The molecule has 0 radical (unpaired) electrons. The average molecular weight is 340 g/mol. The number of nitrogens with one attached hydrogen (secondary N) is 1. The van der Waals surface area contributed by atoms with Gasteiger partial charge in [-0.05, 0) is 11.6 Å². The molecule has 3 nitrogen and oxygen atoms in total. The van der Waals surface area contributed by atoms with E-state index in [1.54, 1.807) is 0 Å². The third kappa shape index (κ3) is 4.83. The lowest BCUT2D eigenvalue weighted by molar-refractivity contribution is -0.140. The number of carbonyl (C=O) groups excluding carboxylic acids is 1. The van der Waals surface area contributed by atoms with Crippen molar-refractivity contribution in [2.45, 2.75) is 17.5 Å². The monoisotopic (exact) mass is 339 g/mol. The van der Waals surface area contributed by atoms with E-state index in [0.717, 1.165) is 6.07 Å². The van der Waals surface area contributed by atoms with Gasteiger partial charge in [-0.2, -0.15) is 13.2 Å². The van der Waals surface area contributed by atoms with Crippen LogP contribution >= 0.6 is 15.9 Å². The van der Waals surface area contributed by atoms with Crippen LogP contribution in [0.5, 0.6) is 0 Å². The number of benzene rings is 1. The molecule has 0 amide bonds. The molecular weight excluding hydrogens is 327 g/mol. The van der Waals surface area contributed by atoms with E-state index in [9.17, 15) is 18.0 Å². The van der Waals surface area contributed by atoms with Gasteiger partial charge >= 0.3 is 12.1 Å². The summed E-state index contributed by atoms with van der Waals surface area (Å²) in [5, 5.41) is 2.78. The van der Waals surface area contributed by atoms with Crippen LogP contribution in [0.2, 0.25) is 0 Å². The summed E-state index contributed by atoms with van der Waals surface area (Å²) in [7, 11) is 1.25. The van der Waals surface area contributed by atoms with Gasteiger partial charge in [0.2, 0.25) is 0 Å². The lowest BCUT2D eigenvalue weighted by Crippen LogP contribution is -2.30. The van der Waals surface area contributed by atoms with Crippen molar-refractivity contribution in [2.75, 3.05) is 13.7 Å². The second kappa shape index (κ2) is 6.91. The van der Waals surface area contributed by atoms with Gasteiger partial charge in [-0.3, -0.25) is 4.79 Å². The Kier molecular flexibility index (Phi) is 5.81. The summed E-state index contributed by atoms with van der Waals surface area (Å²) in [4.78, 5) is 10.5. The first-order valence-corrected chi connectivity index (χ1v) is 6.35. The number of hydrogen-bond acceptors (Lipinski definition) is 3. The Morgan fingerprint density at radius 1 is 1.42 bits per heavy atom. The lowest BCUT2D eigenvalue weighted by Gasteiger charge is -2.14. The summed E-state index contributed by atoms with van der Waals surface area (Å²) in [5.41, 5.74) is -0.536. The maximum atomic E-state index is 12.7. The molecule has 0 heterocycles. The van der Waals surface area contributed by atoms with Crippen LogP contribution in [0.1, 0.15) is 11.1 Å². The number of alkyl halides is 4. The molecule has 7 heteroatoms. The van der Waals surface area contributed by atoms with E-state index in [-0.39, 0.29) is 18.7 Å². The highest BCUT2D eigenvalue weighted by Crippen LogP contribution is 2.31. The molecule has 19 heavy (non-hydrogen) atoms. The van der Waals surface area contributed by atoms with Crippen LogP contribution in [0.25, 0.3) is 0 Å². The Bertz CT molecular complexity index is 437. The number of rotatable bonds is 5. The molecule has 0 fully saturated rings. The number of hydrogen-bond donors (Lipinski definition) is 1. The zero-order valence-electron chi connectivity index (χ0n) is 10.1. The summed E-state index contributed by atoms with van der Waals surface area (Å²) in [5.74, 6) is -0.475. The fraction of sp³-hybridized carbons (Fsp3) is 0.417. The van der Waals surface area contributed by atoms with E-state index in [1.165, 1.54) is 25.3 Å². The van der Waals surface area contributed by atoms with Crippen molar-refractivity contribution in [3.63, 3.8) is 0 Å². The smallest absolute Gasteiger partial charge is 0.416 e. The predicted molar refractivity (Wildman–Crippen MR) is 67.9 cm³/mol. The van der Waals surface area contributed by atoms with Gasteiger partial charge in [0, 0.05) is 13.1 Å². The number of methoxy groups -OCH3 is 1. The maximum Gasteiger partial charge on any atom is 0.416 e. The van der Waals surface area contributed by atoms with Crippen molar-refractivity contribution in [1.29, 1.82) is 0 Å². The number of ether oxygens (including phenoxy) is 1. The quantitative estimate of drug-likeness (QED) is 0.662. The molecule has 0 aromatic heterocycles. The summed E-state index contributed by atoms with van der Waals surface area (Å²) < 4.78 is 42.6. The fourth-order valence-corrected chi connectivity index (χ4v) is 1.91. The highest BCUT2D eigenvalue weighted by atomic mass is 79.9. The molecular formula is C12H13BrF3NO2. The van der Waals surface area contributed by atoms with Crippen molar-refractivity contribution in [3.05, 3.63) is 35.4 Å². The summed E-state index contributed by atoms with van der Waals surface area (Å²) >= 11 is 3.08. The molecule has 0 aliphatic rings. The molecule has 1 rings (SSSR count). The molecule has 1 aromatic rings. The lowest BCUT2D eigenvalue weighted by atomic mass is 10.1. The first-order chi connectivity index (χ1) is 8.86. The van der Waals surface area contributed by atoms with Gasteiger partial charge in [0.15, 0.2) is 0 Å². The second-order valence-corrected chi connectivity index (χ2v) is 4.88. The van der Waals surface area contributed by atoms with E-state index in [2.05, 4.69) is 26.0 Å². The Morgan fingerprint density at radius 3 is 2.63 bits per heavy atom. The van der Waals surface area contributed by atoms with Gasteiger partial charge in [0.1, 0.15) is 4.83 Å². The zero-order valence-corrected chi connectivity index (χ0v) is 11.7. The molecule has 1 atom stereocenters. The van der Waals surface area contributed by atoms with Gasteiger partial charge in [0.05, 0.1) is 12.7 Å². The van der Waals surface area contributed by atoms with Crippen LogP contribution < -0.4 is 5.32 Å². The molecule has 0 saturated carbocycles. The van der Waals surface area contributed by atoms with Gasteiger partial charge < -0.3 is 10.1 Å². The number of esters is 1. The maximum absolute atomic E-state index is 12.7. The standard InChI is InChI=1S/C12H13BrF3NO2/c1-19-11(18)10(13)7-17-6-8-4-2-3-5-9(8)12(14,15)16/h2-5,10,17H,6-7H2,1H3. The minimum Gasteiger partial charge on any atom is -0.468 e. The molecule has 0 saturated heterocycles. The molecule has 106 valence electrons. The molecule has 1 aromatic carbocycles. The van der Waals surface area contributed by atoms with Crippen LogP contribution in [0.4, 0.5) is 13.2 Å². The molecule has 0 aliphatic carbocycles. The van der Waals surface area contributed by atoms with Crippen molar-refractivity contribution in [1.82, 2.24) is 5.32 Å². The van der Waals surface area contributed by atoms with Gasteiger partial charge in [-0.15, -0.1) is 0 Å². The highest BCUT2D eigenvalue weighted by molar-refractivity contribution is 9.10. The normalized spacial score (nSPS) is 13.1. The minimum atomic E-state index is -4.38. The van der Waals surface area contributed by atoms with Gasteiger partial charge in [-0.1, -0.05) is 34.1 Å². The summed E-state index contributed by atoms with van der Waals surface area (Å²) in [6, 6.07) is 5.31. The average Bonchev–Trinajstić information content (AvgIpc) is 2.37. The first-order valence-electron chi connectivity index (χ1n) is 5.44. The summed E-state index contributed by atoms with van der Waals surface area (Å²) in [6.45, 7) is 0.202. The highest BCUT2D eigenvalue weighted by Gasteiger charge is 2.32. The van der Waals surface area contributed by atoms with E-state index in [0.29, 0.717) is 0 Å². The van der Waals surface area contributed by atoms with E-state index in [4.69, 9.17) is 0 Å². The molecule has 1 unspecified atom stereocenters. The Hall–Kier alpha value is -1.08. The van der Waals surface area contributed by atoms with E-state index < -0.39 is 22.5 Å². The first kappa shape index (κ1) is 16.0. The van der Waals surface area contributed by atoms with Crippen molar-refractivity contribution in [3.8, 4) is 0 Å². The minimum absolute atomic E-state index is 0.0226. The van der Waals surface area contributed by atoms with Crippen LogP contribution in [0, 0.1) is 0 Å². The topological polar surface area (TPSA) is 38.3 Å². The third-order valence-electron chi connectivity index (χ3n) is 2.42. The predicted octanol–water partition coefficient (Wildman–Crippen LogP) is 2.73. The van der Waals surface area contributed by atoms with Crippen molar-refractivity contribution >= 4 is 21.9 Å². The summed E-state index contributed by atoms with van der Waals surface area (Å²) in [6.07, 6.45) is -4.38. The number of halogens is 4. The second-order valence-electron chi connectivity index (χ2n) is 3.78. The Labute approximate surface area is 117 Å². The zero-order chi connectivity index (χ0) is 14.5. The van der Waals surface area contributed by atoms with Crippen molar-refractivity contribution in [2.24, 2.45) is 0 Å². The molecule has 1 N–H and O–H groups in total. The van der Waals surface area contributed by atoms with E-state index >= 15 is 0 Å². The Balaban J connectivity index is 2.62. The largest absolute Gasteiger partial charge is 0.468 e. The van der Waals surface area contributed by atoms with Crippen LogP contribution in [0.3, 0.4) is 0 Å². The van der Waals surface area contributed by atoms with Gasteiger partial charge in [-0.25, -0.2) is 0 Å². The van der Waals surface area contributed by atoms with Crippen LogP contribution in [0.15, 0.2) is 24.3 Å². The van der Waals surface area contributed by atoms with Crippen molar-refractivity contribution < 1.29 is 22.7 Å². The number of carbonyl (C=O) groups is 1. The SMILES string of the molecule is COC(=O)C(Br)CNCc1ccccc1C(F)(F)F. The molecule has 0 bridgehead atoms. The van der Waals surface area contributed by atoms with Gasteiger partial charge in [0.25, 0.3) is 0 Å².